The van der Waals surface area contributed by atoms with E-state index in [9.17, 15) is 9.18 Å². The van der Waals surface area contributed by atoms with E-state index < -0.39 is 17.2 Å². The zero-order valence-corrected chi connectivity index (χ0v) is 19.6. The molecule has 33 heavy (non-hydrogen) atoms. The Balaban J connectivity index is 1.43. The van der Waals surface area contributed by atoms with E-state index in [2.05, 4.69) is 15.3 Å². The van der Waals surface area contributed by atoms with Crippen molar-refractivity contribution in [2.75, 3.05) is 19.8 Å². The van der Waals surface area contributed by atoms with Crippen LogP contribution < -0.4 is 15.8 Å². The maximum absolute atomic E-state index is 14.8. The lowest BCUT2D eigenvalue weighted by Gasteiger charge is -2.53. The summed E-state index contributed by atoms with van der Waals surface area (Å²) < 4.78 is 32.0. The van der Waals surface area contributed by atoms with Gasteiger partial charge in [-0.05, 0) is 65.4 Å². The number of fused-ring (bicyclic) bond motifs is 4. The standard InChI is InChI=1S/C24H33FN4O4/c1-22(2,3)33-21(30)29-23-8-10-24(11-9-23,32-15-23)7-6-16-17(25)14-27-18-4-5-19(28-20(16)18)31-13-12-26/h4-5,14H,6-13,15,26H2,1-3H3,(H,29,30). The molecule has 9 heteroatoms. The second-order valence-corrected chi connectivity index (χ2v) is 10.1. The van der Waals surface area contributed by atoms with Crippen molar-refractivity contribution >= 4 is 17.1 Å². The third kappa shape index (κ3) is 5.35. The summed E-state index contributed by atoms with van der Waals surface area (Å²) in [5.74, 6) is 0.0271. The smallest absolute Gasteiger partial charge is 0.408 e. The monoisotopic (exact) mass is 460 g/mol. The van der Waals surface area contributed by atoms with E-state index in [1.54, 1.807) is 12.1 Å². The van der Waals surface area contributed by atoms with E-state index in [1.165, 1.54) is 6.20 Å². The second-order valence-electron chi connectivity index (χ2n) is 10.1. The summed E-state index contributed by atoms with van der Waals surface area (Å²) in [5.41, 5.74) is 5.88. The predicted molar refractivity (Wildman–Crippen MR) is 122 cm³/mol. The van der Waals surface area contributed by atoms with Crippen molar-refractivity contribution in [2.45, 2.75) is 76.0 Å². The molecule has 0 aromatic carbocycles. The number of hydrogen-bond donors (Lipinski definition) is 2. The van der Waals surface area contributed by atoms with Gasteiger partial charge in [-0.2, -0.15) is 0 Å². The minimum absolute atomic E-state index is 0.326. The molecule has 0 spiro atoms. The molecule has 180 valence electrons. The first-order chi connectivity index (χ1) is 15.6. The summed E-state index contributed by atoms with van der Waals surface area (Å²) in [6.45, 7) is 6.68. The number of aromatic nitrogens is 2. The van der Waals surface area contributed by atoms with E-state index in [0.29, 0.717) is 55.1 Å². The van der Waals surface area contributed by atoms with Gasteiger partial charge in [0.2, 0.25) is 5.88 Å². The summed E-state index contributed by atoms with van der Waals surface area (Å²) in [4.78, 5) is 20.9. The Bertz CT molecular complexity index is 999. The first kappa shape index (κ1) is 23.6. The molecule has 2 aliphatic heterocycles. The highest BCUT2D eigenvalue weighted by Gasteiger charge is 2.50. The molecule has 2 aromatic heterocycles. The van der Waals surface area contributed by atoms with E-state index in [-0.39, 0.29) is 11.4 Å². The van der Waals surface area contributed by atoms with Crippen LogP contribution in [0.3, 0.4) is 0 Å². The van der Waals surface area contributed by atoms with Crippen LogP contribution in [-0.4, -0.2) is 52.6 Å². The number of nitrogens with two attached hydrogens (primary N) is 1. The van der Waals surface area contributed by atoms with E-state index in [4.69, 9.17) is 19.9 Å². The second kappa shape index (κ2) is 9.02. The zero-order valence-electron chi connectivity index (χ0n) is 19.6. The van der Waals surface area contributed by atoms with Crippen LogP contribution in [-0.2, 0) is 15.9 Å². The van der Waals surface area contributed by atoms with Gasteiger partial charge in [0.05, 0.1) is 35.0 Å². The molecule has 5 rings (SSSR count). The maximum Gasteiger partial charge on any atom is 0.408 e. The van der Waals surface area contributed by atoms with Gasteiger partial charge in [0.25, 0.3) is 0 Å². The summed E-state index contributed by atoms with van der Waals surface area (Å²) >= 11 is 0. The van der Waals surface area contributed by atoms with Crippen molar-refractivity contribution in [3.05, 3.63) is 29.7 Å². The van der Waals surface area contributed by atoms with Crippen molar-refractivity contribution in [1.29, 1.82) is 0 Å². The van der Waals surface area contributed by atoms with Gasteiger partial charge >= 0.3 is 6.09 Å². The molecule has 3 fully saturated rings. The highest BCUT2D eigenvalue weighted by Crippen LogP contribution is 2.46. The third-order valence-electron chi connectivity index (χ3n) is 6.48. The molecule has 2 saturated heterocycles. The Morgan fingerprint density at radius 3 is 2.67 bits per heavy atom. The van der Waals surface area contributed by atoms with Crippen LogP contribution in [0.25, 0.3) is 11.0 Å². The van der Waals surface area contributed by atoms with Crippen LogP contribution in [0.15, 0.2) is 18.3 Å². The van der Waals surface area contributed by atoms with Gasteiger partial charge < -0.3 is 25.3 Å². The van der Waals surface area contributed by atoms with Crippen LogP contribution >= 0.6 is 0 Å². The van der Waals surface area contributed by atoms with Crippen LogP contribution in [0.1, 0.15) is 58.4 Å². The third-order valence-corrected chi connectivity index (χ3v) is 6.48. The Kier molecular flexibility index (Phi) is 6.46. The van der Waals surface area contributed by atoms with Gasteiger partial charge in [0, 0.05) is 18.2 Å². The topological polar surface area (TPSA) is 109 Å². The minimum Gasteiger partial charge on any atom is -0.476 e. The average molecular weight is 461 g/mol. The number of amides is 1. The number of halogens is 1. The Morgan fingerprint density at radius 1 is 1.27 bits per heavy atom. The molecule has 1 amide bonds. The lowest BCUT2D eigenvalue weighted by Crippen LogP contribution is -2.63. The highest BCUT2D eigenvalue weighted by molar-refractivity contribution is 5.78. The number of carbonyl (C=O) groups is 1. The van der Waals surface area contributed by atoms with Gasteiger partial charge in [-0.15, -0.1) is 0 Å². The Morgan fingerprint density at radius 2 is 2.03 bits per heavy atom. The lowest BCUT2D eigenvalue weighted by atomic mass is 9.69. The van der Waals surface area contributed by atoms with Gasteiger partial charge in [-0.25, -0.2) is 14.2 Å². The van der Waals surface area contributed by atoms with Crippen LogP contribution in [0, 0.1) is 5.82 Å². The number of nitrogens with zero attached hydrogens (tertiary/aromatic N) is 2. The summed E-state index contributed by atoms with van der Waals surface area (Å²) in [7, 11) is 0. The Labute approximate surface area is 193 Å². The predicted octanol–water partition coefficient (Wildman–Crippen LogP) is 3.65. The number of nitrogens with one attached hydrogen (secondary N) is 1. The SMILES string of the molecule is CC(C)(C)OC(=O)NC12CCC(CCc3c(F)cnc4ccc(OCCN)nc34)(CC1)OC2. The van der Waals surface area contributed by atoms with Gasteiger partial charge in [-0.3, -0.25) is 4.98 Å². The van der Waals surface area contributed by atoms with Crippen molar-refractivity contribution in [3.8, 4) is 5.88 Å². The molecule has 1 saturated carbocycles. The van der Waals surface area contributed by atoms with Crippen molar-refractivity contribution in [1.82, 2.24) is 15.3 Å². The molecular weight excluding hydrogens is 427 g/mol. The molecule has 0 radical (unpaired) electrons. The molecule has 4 heterocycles. The van der Waals surface area contributed by atoms with Crippen molar-refractivity contribution < 1.29 is 23.4 Å². The largest absolute Gasteiger partial charge is 0.476 e. The molecule has 2 aromatic rings. The van der Waals surface area contributed by atoms with Crippen molar-refractivity contribution in [2.24, 2.45) is 5.73 Å². The summed E-state index contributed by atoms with van der Waals surface area (Å²) in [6, 6.07) is 3.50. The number of aryl methyl sites for hydroxylation is 1. The molecule has 0 atom stereocenters. The normalized spacial score (nSPS) is 24.6. The maximum atomic E-state index is 14.8. The fraction of sp³-hybridized carbons (Fsp3) is 0.625. The van der Waals surface area contributed by atoms with E-state index >= 15 is 0 Å². The first-order valence-electron chi connectivity index (χ1n) is 11.5. The minimum atomic E-state index is -0.546. The van der Waals surface area contributed by atoms with Gasteiger partial charge in [0.15, 0.2) is 0 Å². The van der Waals surface area contributed by atoms with Gasteiger partial charge in [0.1, 0.15) is 18.0 Å². The molecule has 1 aliphatic carbocycles. The quantitative estimate of drug-likeness (QED) is 0.649. The molecule has 8 nitrogen and oxygen atoms in total. The Hall–Kier alpha value is -2.52. The number of hydrogen-bond acceptors (Lipinski definition) is 7. The number of rotatable bonds is 7. The number of ether oxygens (including phenoxy) is 3. The fourth-order valence-electron chi connectivity index (χ4n) is 4.68. The average Bonchev–Trinajstić information content (AvgIpc) is 2.77. The van der Waals surface area contributed by atoms with E-state index in [1.807, 2.05) is 20.8 Å². The molecule has 3 aliphatic rings. The number of alkyl carbamates (subject to hydrolysis) is 1. The summed E-state index contributed by atoms with van der Waals surface area (Å²) in [6.07, 6.45) is 5.19. The van der Waals surface area contributed by atoms with Crippen LogP contribution in [0.4, 0.5) is 9.18 Å². The first-order valence-corrected chi connectivity index (χ1v) is 11.5. The molecule has 2 bridgehead atoms. The molecule has 0 unspecified atom stereocenters. The molecule has 3 N–H and O–H groups in total. The van der Waals surface area contributed by atoms with Gasteiger partial charge in [-0.1, -0.05) is 0 Å². The number of carbonyl (C=O) groups excluding carboxylic acids is 1. The molecular formula is C24H33FN4O4. The highest BCUT2D eigenvalue weighted by atomic mass is 19.1. The fourth-order valence-corrected chi connectivity index (χ4v) is 4.68. The van der Waals surface area contributed by atoms with Crippen LogP contribution in [0.5, 0.6) is 5.88 Å². The number of pyridine rings is 2. The van der Waals surface area contributed by atoms with E-state index in [0.717, 1.165) is 25.7 Å². The zero-order chi connectivity index (χ0) is 23.7. The summed E-state index contributed by atoms with van der Waals surface area (Å²) in [5, 5.41) is 3.04. The van der Waals surface area contributed by atoms with Crippen LogP contribution in [0.2, 0.25) is 0 Å². The lowest BCUT2D eigenvalue weighted by molar-refractivity contribution is -0.163. The van der Waals surface area contributed by atoms with Crippen molar-refractivity contribution in [3.63, 3.8) is 0 Å².